The monoisotopic (exact) mass is 395 g/mol. The number of imidazole rings is 1. The molecule has 3 aromatic rings. The highest BCUT2D eigenvalue weighted by Gasteiger charge is 2.31. The number of aryl methyl sites for hydroxylation is 1. The van der Waals surface area contributed by atoms with Crippen LogP contribution in [0.1, 0.15) is 29.8 Å². The van der Waals surface area contributed by atoms with E-state index < -0.39 is 5.97 Å². The number of piperidine rings is 1. The molecule has 2 atom stereocenters. The molecule has 2 aromatic carbocycles. The SMILES string of the molecule is Cc1ccc2nc(C[C@H]3CN(Cc4cccc(F)c4)CC[C@H]3CC(=O)O)[nH]c2c1. The lowest BCUT2D eigenvalue weighted by atomic mass is 9.81. The smallest absolute Gasteiger partial charge is 0.303 e. The molecule has 4 rings (SSSR count). The van der Waals surface area contributed by atoms with Crippen LogP contribution in [0.5, 0.6) is 0 Å². The van der Waals surface area contributed by atoms with Crippen molar-refractivity contribution in [3.05, 3.63) is 65.2 Å². The van der Waals surface area contributed by atoms with E-state index >= 15 is 0 Å². The van der Waals surface area contributed by atoms with Crippen LogP contribution in [0.15, 0.2) is 42.5 Å². The highest BCUT2D eigenvalue weighted by Crippen LogP contribution is 2.30. The molecular formula is C23H26FN3O2. The Morgan fingerprint density at radius 1 is 1.28 bits per heavy atom. The van der Waals surface area contributed by atoms with Gasteiger partial charge in [0.05, 0.1) is 11.0 Å². The van der Waals surface area contributed by atoms with Crippen molar-refractivity contribution in [1.82, 2.24) is 14.9 Å². The van der Waals surface area contributed by atoms with Crippen LogP contribution >= 0.6 is 0 Å². The van der Waals surface area contributed by atoms with Gasteiger partial charge in [-0.05, 0) is 67.1 Å². The molecule has 152 valence electrons. The molecule has 6 heteroatoms. The van der Waals surface area contributed by atoms with E-state index in [0.717, 1.165) is 41.9 Å². The van der Waals surface area contributed by atoms with Crippen molar-refractivity contribution >= 4 is 17.0 Å². The lowest BCUT2D eigenvalue weighted by Gasteiger charge is -2.38. The Balaban J connectivity index is 1.51. The number of nitrogens with zero attached hydrogens (tertiary/aromatic N) is 2. The highest BCUT2D eigenvalue weighted by atomic mass is 19.1. The average molecular weight is 395 g/mol. The third-order valence-corrected chi connectivity index (χ3v) is 5.85. The summed E-state index contributed by atoms with van der Waals surface area (Å²) in [5.41, 5.74) is 4.07. The summed E-state index contributed by atoms with van der Waals surface area (Å²) >= 11 is 0. The zero-order valence-corrected chi connectivity index (χ0v) is 16.6. The number of hydrogen-bond donors (Lipinski definition) is 2. The van der Waals surface area contributed by atoms with Gasteiger partial charge in [-0.15, -0.1) is 0 Å². The molecule has 1 aromatic heterocycles. The van der Waals surface area contributed by atoms with E-state index in [0.29, 0.717) is 13.0 Å². The largest absolute Gasteiger partial charge is 0.481 e. The quantitative estimate of drug-likeness (QED) is 0.657. The van der Waals surface area contributed by atoms with Crippen molar-refractivity contribution in [2.75, 3.05) is 13.1 Å². The van der Waals surface area contributed by atoms with E-state index in [2.05, 4.69) is 16.0 Å². The van der Waals surface area contributed by atoms with Gasteiger partial charge in [-0.1, -0.05) is 18.2 Å². The summed E-state index contributed by atoms with van der Waals surface area (Å²) in [7, 11) is 0. The predicted octanol–water partition coefficient (Wildman–Crippen LogP) is 4.17. The third-order valence-electron chi connectivity index (χ3n) is 5.85. The standard InChI is InChI=1S/C23H26FN3O2/c1-15-5-6-20-21(9-15)26-22(25-20)11-18-14-27(8-7-17(18)12-23(28)29)13-16-3-2-4-19(24)10-16/h2-6,9-10,17-18H,7-8,11-14H2,1H3,(H,25,26)(H,28,29)/t17-,18-/m0/s1. The molecule has 0 unspecified atom stereocenters. The lowest BCUT2D eigenvalue weighted by Crippen LogP contribution is -2.41. The number of aromatic nitrogens is 2. The Morgan fingerprint density at radius 2 is 2.14 bits per heavy atom. The highest BCUT2D eigenvalue weighted by molar-refractivity contribution is 5.75. The van der Waals surface area contributed by atoms with Gasteiger partial charge in [-0.2, -0.15) is 0 Å². The molecule has 0 radical (unpaired) electrons. The van der Waals surface area contributed by atoms with Crippen LogP contribution in [0.4, 0.5) is 4.39 Å². The van der Waals surface area contributed by atoms with Gasteiger partial charge in [-0.25, -0.2) is 9.37 Å². The fourth-order valence-corrected chi connectivity index (χ4v) is 4.44. The zero-order valence-electron chi connectivity index (χ0n) is 16.6. The first kappa shape index (κ1) is 19.6. The number of aliphatic carboxylic acids is 1. The molecule has 2 heterocycles. The summed E-state index contributed by atoms with van der Waals surface area (Å²) < 4.78 is 13.5. The van der Waals surface area contributed by atoms with Crippen LogP contribution in [-0.2, 0) is 17.8 Å². The Morgan fingerprint density at radius 3 is 2.93 bits per heavy atom. The first-order chi connectivity index (χ1) is 14.0. The molecule has 1 aliphatic rings. The zero-order chi connectivity index (χ0) is 20.4. The summed E-state index contributed by atoms with van der Waals surface area (Å²) in [6.07, 6.45) is 1.72. The fourth-order valence-electron chi connectivity index (χ4n) is 4.44. The number of likely N-dealkylation sites (tertiary alicyclic amines) is 1. The molecule has 0 spiro atoms. The second kappa shape index (κ2) is 8.33. The van der Waals surface area contributed by atoms with Crippen molar-refractivity contribution in [3.63, 3.8) is 0 Å². The molecule has 2 N–H and O–H groups in total. The van der Waals surface area contributed by atoms with Crippen molar-refractivity contribution in [3.8, 4) is 0 Å². The van der Waals surface area contributed by atoms with Crippen LogP contribution in [0.3, 0.4) is 0 Å². The topological polar surface area (TPSA) is 69.2 Å². The number of benzene rings is 2. The first-order valence-corrected chi connectivity index (χ1v) is 10.1. The first-order valence-electron chi connectivity index (χ1n) is 10.1. The molecule has 29 heavy (non-hydrogen) atoms. The maximum absolute atomic E-state index is 13.5. The Hall–Kier alpha value is -2.73. The van der Waals surface area contributed by atoms with E-state index in [1.807, 2.05) is 25.1 Å². The Bertz CT molecular complexity index is 1020. The van der Waals surface area contributed by atoms with Gasteiger partial charge in [0.2, 0.25) is 0 Å². The maximum atomic E-state index is 13.5. The molecule has 0 saturated carbocycles. The van der Waals surface area contributed by atoms with Gasteiger partial charge in [0.1, 0.15) is 11.6 Å². The summed E-state index contributed by atoms with van der Waals surface area (Å²) in [4.78, 5) is 21.8. The van der Waals surface area contributed by atoms with Crippen LogP contribution in [0.2, 0.25) is 0 Å². The van der Waals surface area contributed by atoms with E-state index in [1.54, 1.807) is 12.1 Å². The molecule has 1 aliphatic heterocycles. The lowest BCUT2D eigenvalue weighted by molar-refractivity contribution is -0.139. The molecule has 0 bridgehead atoms. The fraction of sp³-hybridized carbons (Fsp3) is 0.391. The summed E-state index contributed by atoms with van der Waals surface area (Å²) in [5.74, 6) is 0.232. The van der Waals surface area contributed by atoms with Crippen molar-refractivity contribution in [2.45, 2.75) is 32.7 Å². The van der Waals surface area contributed by atoms with Crippen LogP contribution in [0.25, 0.3) is 11.0 Å². The normalized spacial score (nSPS) is 20.2. The van der Waals surface area contributed by atoms with Crippen LogP contribution < -0.4 is 0 Å². The number of carbonyl (C=O) groups is 1. The van der Waals surface area contributed by atoms with Gasteiger partial charge >= 0.3 is 5.97 Å². The van der Waals surface area contributed by atoms with Crippen molar-refractivity contribution < 1.29 is 14.3 Å². The third kappa shape index (κ3) is 4.82. The minimum atomic E-state index is -0.751. The number of aromatic amines is 1. The van der Waals surface area contributed by atoms with Gasteiger partial charge in [0, 0.05) is 25.9 Å². The Kier molecular flexibility index (Phi) is 5.62. The second-order valence-electron chi connectivity index (χ2n) is 8.18. The molecular weight excluding hydrogens is 369 g/mol. The van der Waals surface area contributed by atoms with Gasteiger partial charge < -0.3 is 10.1 Å². The van der Waals surface area contributed by atoms with Crippen LogP contribution in [-0.4, -0.2) is 39.0 Å². The second-order valence-corrected chi connectivity index (χ2v) is 8.18. The minimum Gasteiger partial charge on any atom is -0.481 e. The molecule has 0 amide bonds. The molecule has 5 nitrogen and oxygen atoms in total. The van der Waals surface area contributed by atoms with E-state index in [1.165, 1.54) is 11.6 Å². The van der Waals surface area contributed by atoms with E-state index in [9.17, 15) is 14.3 Å². The number of nitrogens with one attached hydrogen (secondary N) is 1. The van der Waals surface area contributed by atoms with Crippen LogP contribution in [0, 0.1) is 24.6 Å². The van der Waals surface area contributed by atoms with E-state index in [4.69, 9.17) is 4.98 Å². The average Bonchev–Trinajstić information content (AvgIpc) is 3.05. The molecule has 1 saturated heterocycles. The molecule has 1 fully saturated rings. The maximum Gasteiger partial charge on any atom is 0.303 e. The van der Waals surface area contributed by atoms with Gasteiger partial charge in [-0.3, -0.25) is 9.69 Å². The van der Waals surface area contributed by atoms with E-state index in [-0.39, 0.29) is 24.1 Å². The number of carboxylic acid groups (broad SMARTS) is 1. The van der Waals surface area contributed by atoms with Crippen molar-refractivity contribution in [1.29, 1.82) is 0 Å². The number of hydrogen-bond acceptors (Lipinski definition) is 3. The van der Waals surface area contributed by atoms with Gasteiger partial charge in [0.15, 0.2) is 0 Å². The number of carboxylic acids is 1. The number of fused-ring (bicyclic) bond motifs is 1. The number of halogens is 1. The minimum absolute atomic E-state index is 0.117. The number of H-pyrrole nitrogens is 1. The Labute approximate surface area is 169 Å². The summed E-state index contributed by atoms with van der Waals surface area (Å²) in [5, 5.41) is 9.35. The van der Waals surface area contributed by atoms with Gasteiger partial charge in [0.25, 0.3) is 0 Å². The number of rotatable bonds is 6. The predicted molar refractivity (Wildman–Crippen MR) is 110 cm³/mol. The molecule has 0 aliphatic carbocycles. The summed E-state index contributed by atoms with van der Waals surface area (Å²) in [6.45, 7) is 4.33. The van der Waals surface area contributed by atoms with Crippen molar-refractivity contribution in [2.24, 2.45) is 11.8 Å². The summed E-state index contributed by atoms with van der Waals surface area (Å²) in [6, 6.07) is 12.8.